The summed E-state index contributed by atoms with van der Waals surface area (Å²) in [6.07, 6.45) is 1.90. The molecule has 3 aromatic rings. The van der Waals surface area contributed by atoms with E-state index in [9.17, 15) is 4.79 Å². The Morgan fingerprint density at radius 2 is 2.04 bits per heavy atom. The lowest BCUT2D eigenvalue weighted by Gasteiger charge is -2.12. The molecule has 0 N–H and O–H groups in total. The molecule has 26 heavy (non-hydrogen) atoms. The molecule has 2 aromatic heterocycles. The first-order chi connectivity index (χ1) is 12.5. The predicted molar refractivity (Wildman–Crippen MR) is 98.0 cm³/mol. The molecule has 1 aliphatic rings. The minimum absolute atomic E-state index is 0.0755. The van der Waals surface area contributed by atoms with E-state index in [1.54, 1.807) is 18.5 Å². The number of aromatic nitrogens is 4. The Balaban J connectivity index is 1.89. The van der Waals surface area contributed by atoms with Crippen LogP contribution in [0.25, 0.3) is 22.6 Å². The highest BCUT2D eigenvalue weighted by atomic mass is 35.5. The minimum atomic E-state index is -0.475. The number of halogens is 1. The van der Waals surface area contributed by atoms with Gasteiger partial charge in [-0.05, 0) is 31.0 Å². The predicted octanol–water partition coefficient (Wildman–Crippen LogP) is 3.67. The van der Waals surface area contributed by atoms with Gasteiger partial charge in [0, 0.05) is 30.8 Å². The van der Waals surface area contributed by atoms with Crippen LogP contribution in [0.15, 0.2) is 30.5 Å². The van der Waals surface area contributed by atoms with Gasteiger partial charge in [-0.25, -0.2) is 14.8 Å². The minimum Gasteiger partial charge on any atom is -0.459 e. The first kappa shape index (κ1) is 16.7. The van der Waals surface area contributed by atoms with E-state index in [2.05, 4.69) is 27.2 Å². The van der Waals surface area contributed by atoms with Crippen molar-refractivity contribution in [2.45, 2.75) is 26.4 Å². The fourth-order valence-corrected chi connectivity index (χ4v) is 3.44. The van der Waals surface area contributed by atoms with E-state index in [0.29, 0.717) is 5.69 Å². The monoisotopic (exact) mass is 368 g/mol. The zero-order valence-corrected chi connectivity index (χ0v) is 15.4. The van der Waals surface area contributed by atoms with Crippen LogP contribution in [0.2, 0.25) is 5.28 Å². The van der Waals surface area contributed by atoms with Crippen molar-refractivity contribution in [2.75, 3.05) is 0 Å². The van der Waals surface area contributed by atoms with Crippen molar-refractivity contribution in [1.82, 2.24) is 19.7 Å². The highest BCUT2D eigenvalue weighted by Gasteiger charge is 2.30. The highest BCUT2D eigenvalue weighted by Crippen LogP contribution is 2.41. The normalized spacial score (nSPS) is 12.2. The van der Waals surface area contributed by atoms with Gasteiger partial charge in [-0.2, -0.15) is 5.10 Å². The average Bonchev–Trinajstić information content (AvgIpc) is 3.08. The average molecular weight is 369 g/mol. The third kappa shape index (κ3) is 2.66. The maximum Gasteiger partial charge on any atom is 0.342 e. The number of esters is 1. The number of hydrogen-bond acceptors (Lipinski definition) is 5. The maximum atomic E-state index is 12.5. The van der Waals surface area contributed by atoms with Crippen LogP contribution in [0.5, 0.6) is 0 Å². The number of aryl methyl sites for hydroxylation is 1. The molecule has 6 nitrogen and oxygen atoms in total. The third-order valence-electron chi connectivity index (χ3n) is 4.33. The van der Waals surface area contributed by atoms with Gasteiger partial charge < -0.3 is 4.74 Å². The van der Waals surface area contributed by atoms with Gasteiger partial charge in [0.05, 0.1) is 17.5 Å². The molecular weight excluding hydrogens is 352 g/mol. The Bertz CT molecular complexity index is 1030. The Hall–Kier alpha value is -2.73. The number of hydrogen-bond donors (Lipinski definition) is 0. The quantitative estimate of drug-likeness (QED) is 0.407. The summed E-state index contributed by atoms with van der Waals surface area (Å²) in [5, 5.41) is 4.74. The molecule has 0 bridgehead atoms. The highest BCUT2D eigenvalue weighted by molar-refractivity contribution is 6.28. The topological polar surface area (TPSA) is 69.9 Å². The largest absolute Gasteiger partial charge is 0.459 e. The molecule has 1 aromatic carbocycles. The second-order valence-corrected chi connectivity index (χ2v) is 6.83. The maximum absolute atomic E-state index is 12.5. The third-order valence-corrected chi connectivity index (χ3v) is 4.51. The molecule has 0 aliphatic heterocycles. The van der Waals surface area contributed by atoms with E-state index < -0.39 is 5.97 Å². The zero-order valence-electron chi connectivity index (χ0n) is 14.7. The number of benzene rings is 1. The molecule has 4 rings (SSSR count). The summed E-state index contributed by atoms with van der Waals surface area (Å²) in [5.74, 6) is -0.475. The van der Waals surface area contributed by atoms with Crippen molar-refractivity contribution in [3.63, 3.8) is 0 Å². The number of nitrogens with zero attached hydrogens (tertiary/aromatic N) is 4. The molecular formula is C19H17ClN4O2. The molecule has 0 saturated heterocycles. The molecule has 0 fully saturated rings. The lowest BCUT2D eigenvalue weighted by molar-refractivity contribution is 0.0378. The number of fused-ring (bicyclic) bond motifs is 3. The molecule has 7 heteroatoms. The molecule has 2 heterocycles. The standard InChI is InChI=1S/C19H17ClN4O2/c1-10(2)26-18(25)14-9-21-19(20)22-16(14)17-13-8-11-6-4-5-7-12(11)15(13)23-24(17)3/h4-7,9-10H,8H2,1-3H3. The fraction of sp³-hybridized carbons (Fsp3) is 0.263. The van der Waals surface area contributed by atoms with Gasteiger partial charge in [0.15, 0.2) is 0 Å². The molecule has 0 atom stereocenters. The summed E-state index contributed by atoms with van der Waals surface area (Å²) in [5.41, 5.74) is 5.74. The van der Waals surface area contributed by atoms with Gasteiger partial charge in [-0.3, -0.25) is 4.68 Å². The summed E-state index contributed by atoms with van der Waals surface area (Å²) in [4.78, 5) is 20.8. The van der Waals surface area contributed by atoms with Crippen LogP contribution < -0.4 is 0 Å². The first-order valence-electron chi connectivity index (χ1n) is 8.33. The van der Waals surface area contributed by atoms with E-state index in [4.69, 9.17) is 16.3 Å². The van der Waals surface area contributed by atoms with Crippen molar-refractivity contribution in [3.05, 3.63) is 52.4 Å². The van der Waals surface area contributed by atoms with Gasteiger partial charge in [0.25, 0.3) is 0 Å². The number of rotatable bonds is 3. The molecule has 0 saturated carbocycles. The van der Waals surface area contributed by atoms with Gasteiger partial charge in [0.1, 0.15) is 11.3 Å². The van der Waals surface area contributed by atoms with Crippen molar-refractivity contribution in [2.24, 2.45) is 7.05 Å². The molecule has 132 valence electrons. The van der Waals surface area contributed by atoms with E-state index in [1.165, 1.54) is 11.8 Å². The van der Waals surface area contributed by atoms with Crippen LogP contribution in [-0.2, 0) is 18.2 Å². The molecule has 0 amide bonds. The van der Waals surface area contributed by atoms with E-state index in [1.807, 2.05) is 19.2 Å². The summed E-state index contributed by atoms with van der Waals surface area (Å²) in [6, 6.07) is 8.15. The SMILES string of the molecule is CC(C)OC(=O)c1cnc(Cl)nc1-c1c2c(nn1C)-c1ccccc1C2. The first-order valence-corrected chi connectivity index (χ1v) is 8.71. The van der Waals surface area contributed by atoms with Crippen LogP contribution in [0, 0.1) is 0 Å². The van der Waals surface area contributed by atoms with Crippen LogP contribution in [-0.4, -0.2) is 31.8 Å². The molecule has 0 unspecified atom stereocenters. The molecule has 1 aliphatic carbocycles. The Kier molecular flexibility index (Phi) is 4.00. The second-order valence-electron chi connectivity index (χ2n) is 6.49. The van der Waals surface area contributed by atoms with E-state index >= 15 is 0 Å². The smallest absolute Gasteiger partial charge is 0.342 e. The van der Waals surface area contributed by atoms with Gasteiger partial charge in [0.2, 0.25) is 5.28 Å². The van der Waals surface area contributed by atoms with Crippen LogP contribution in [0.3, 0.4) is 0 Å². The van der Waals surface area contributed by atoms with Gasteiger partial charge >= 0.3 is 5.97 Å². The Morgan fingerprint density at radius 3 is 2.81 bits per heavy atom. The van der Waals surface area contributed by atoms with Crippen LogP contribution in [0.4, 0.5) is 0 Å². The summed E-state index contributed by atoms with van der Waals surface area (Å²) in [7, 11) is 1.84. The van der Waals surface area contributed by atoms with Gasteiger partial charge in [-0.15, -0.1) is 0 Å². The lowest BCUT2D eigenvalue weighted by atomic mass is 10.1. The molecule has 0 spiro atoms. The van der Waals surface area contributed by atoms with Gasteiger partial charge in [-0.1, -0.05) is 24.3 Å². The fourth-order valence-electron chi connectivity index (χ4n) is 3.31. The van der Waals surface area contributed by atoms with Crippen molar-refractivity contribution in [1.29, 1.82) is 0 Å². The van der Waals surface area contributed by atoms with E-state index in [-0.39, 0.29) is 17.0 Å². The van der Waals surface area contributed by atoms with Crippen LogP contribution >= 0.6 is 11.6 Å². The summed E-state index contributed by atoms with van der Waals surface area (Å²) in [6.45, 7) is 3.60. The lowest BCUT2D eigenvalue weighted by Crippen LogP contribution is -2.15. The summed E-state index contributed by atoms with van der Waals surface area (Å²) < 4.78 is 7.09. The number of carbonyl (C=O) groups excluding carboxylic acids is 1. The number of carbonyl (C=O) groups is 1. The number of ether oxygens (including phenoxy) is 1. The Morgan fingerprint density at radius 1 is 1.27 bits per heavy atom. The molecule has 0 radical (unpaired) electrons. The van der Waals surface area contributed by atoms with E-state index in [0.717, 1.165) is 28.9 Å². The summed E-state index contributed by atoms with van der Waals surface area (Å²) >= 11 is 6.03. The van der Waals surface area contributed by atoms with Crippen molar-refractivity contribution >= 4 is 17.6 Å². The zero-order chi connectivity index (χ0) is 18.4. The second kappa shape index (κ2) is 6.21. The Labute approximate surface area is 155 Å². The van der Waals surface area contributed by atoms with Crippen molar-refractivity contribution in [3.8, 4) is 22.6 Å². The van der Waals surface area contributed by atoms with Crippen molar-refractivity contribution < 1.29 is 9.53 Å². The van der Waals surface area contributed by atoms with Crippen LogP contribution in [0.1, 0.15) is 35.3 Å².